The first-order valence-electron chi connectivity index (χ1n) is 11.3. The average molecular weight is 492 g/mol. The fourth-order valence-electron chi connectivity index (χ4n) is 5.00. The zero-order valence-electron chi connectivity index (χ0n) is 18.9. The van der Waals surface area contributed by atoms with Gasteiger partial charge >= 0.3 is 6.03 Å². The molecule has 6 rings (SSSR count). The smallest absolute Gasteiger partial charge is 0.319 e. The van der Waals surface area contributed by atoms with E-state index in [1.807, 2.05) is 37.3 Å². The van der Waals surface area contributed by atoms with Crippen molar-refractivity contribution < 1.29 is 23.8 Å². The number of hydrogen-bond donors (Lipinski definition) is 2. The van der Waals surface area contributed by atoms with E-state index < -0.39 is 5.41 Å². The van der Waals surface area contributed by atoms with Crippen molar-refractivity contribution in [3.05, 3.63) is 76.3 Å². The summed E-state index contributed by atoms with van der Waals surface area (Å²) < 4.78 is 17.0. The average Bonchev–Trinajstić information content (AvgIpc) is 3.52. The zero-order valence-corrected chi connectivity index (χ0v) is 19.6. The minimum Gasteiger partial charge on any atom is -0.491 e. The standard InChI is InChI=1S/C26H22ClN3O5/c1-15-10-16(27)6-7-19(15)29-25(32)28-8-9-30-20-5-3-2-4-17(20)26(24(30)31)13-33-21-12-23-22(11-18(21)26)34-14-35-23/h2-7,10-12H,8-9,13-14H2,1H3,(H2,28,29,32). The van der Waals surface area contributed by atoms with Crippen molar-refractivity contribution >= 4 is 34.9 Å². The largest absolute Gasteiger partial charge is 0.491 e. The van der Waals surface area contributed by atoms with Gasteiger partial charge in [0, 0.05) is 41.1 Å². The molecule has 0 saturated heterocycles. The van der Waals surface area contributed by atoms with Crippen LogP contribution in [0.15, 0.2) is 54.6 Å². The number of carbonyl (C=O) groups is 2. The molecular formula is C26H22ClN3O5. The molecule has 3 aromatic rings. The van der Waals surface area contributed by atoms with Gasteiger partial charge in [-0.1, -0.05) is 29.8 Å². The summed E-state index contributed by atoms with van der Waals surface area (Å²) >= 11 is 5.99. The summed E-state index contributed by atoms with van der Waals surface area (Å²) in [4.78, 5) is 28.1. The van der Waals surface area contributed by atoms with Crippen LogP contribution >= 0.6 is 11.6 Å². The van der Waals surface area contributed by atoms with Gasteiger partial charge in [-0.05, 0) is 48.4 Å². The molecule has 35 heavy (non-hydrogen) atoms. The second-order valence-electron chi connectivity index (χ2n) is 8.71. The van der Waals surface area contributed by atoms with Crippen LogP contribution in [0, 0.1) is 6.92 Å². The molecule has 0 fully saturated rings. The molecule has 0 bridgehead atoms. The lowest BCUT2D eigenvalue weighted by Crippen LogP contribution is -2.45. The molecule has 1 spiro atoms. The Morgan fingerprint density at radius 1 is 1.03 bits per heavy atom. The molecule has 3 heterocycles. The highest BCUT2D eigenvalue weighted by Crippen LogP contribution is 2.54. The molecule has 0 radical (unpaired) electrons. The SMILES string of the molecule is Cc1cc(Cl)ccc1NC(=O)NCCN1C(=O)C2(COc3cc4c(cc32)OCO4)c2ccccc21. The number of para-hydroxylation sites is 1. The number of fused-ring (bicyclic) bond motifs is 5. The first-order valence-corrected chi connectivity index (χ1v) is 11.6. The second-order valence-corrected chi connectivity index (χ2v) is 9.15. The summed E-state index contributed by atoms with van der Waals surface area (Å²) in [6.07, 6.45) is 0. The van der Waals surface area contributed by atoms with Crippen molar-refractivity contribution in [1.82, 2.24) is 5.32 Å². The van der Waals surface area contributed by atoms with E-state index in [4.69, 9.17) is 25.8 Å². The van der Waals surface area contributed by atoms with Crippen molar-refractivity contribution in [3.8, 4) is 17.2 Å². The summed E-state index contributed by atoms with van der Waals surface area (Å²) in [5, 5.41) is 6.27. The van der Waals surface area contributed by atoms with Crippen molar-refractivity contribution in [2.45, 2.75) is 12.3 Å². The molecule has 1 atom stereocenters. The summed E-state index contributed by atoms with van der Waals surface area (Å²) in [6, 6.07) is 16.2. The topological polar surface area (TPSA) is 89.1 Å². The third-order valence-electron chi connectivity index (χ3n) is 6.70. The molecule has 3 aliphatic rings. The first-order chi connectivity index (χ1) is 17.0. The molecule has 178 valence electrons. The summed E-state index contributed by atoms with van der Waals surface area (Å²) in [5.41, 5.74) is 3.03. The number of nitrogens with zero attached hydrogens (tertiary/aromatic N) is 1. The Morgan fingerprint density at radius 3 is 2.66 bits per heavy atom. The van der Waals surface area contributed by atoms with Crippen LogP contribution in [0.3, 0.4) is 0 Å². The number of anilines is 2. The Bertz CT molecular complexity index is 1380. The molecule has 3 amide bonds. The Morgan fingerprint density at radius 2 is 1.83 bits per heavy atom. The van der Waals surface area contributed by atoms with Gasteiger partial charge in [-0.2, -0.15) is 0 Å². The lowest BCUT2D eigenvalue weighted by Gasteiger charge is -2.23. The Labute approximate surface area is 206 Å². The van der Waals surface area contributed by atoms with Gasteiger partial charge in [-0.25, -0.2) is 4.79 Å². The van der Waals surface area contributed by atoms with Crippen LogP contribution in [0.4, 0.5) is 16.2 Å². The van der Waals surface area contributed by atoms with E-state index in [2.05, 4.69) is 10.6 Å². The van der Waals surface area contributed by atoms with Crippen molar-refractivity contribution in [2.24, 2.45) is 0 Å². The summed E-state index contributed by atoms with van der Waals surface area (Å²) in [5.74, 6) is 1.75. The molecule has 8 nitrogen and oxygen atoms in total. The van der Waals surface area contributed by atoms with Crippen LogP contribution in [-0.2, 0) is 10.2 Å². The molecule has 3 aliphatic heterocycles. The van der Waals surface area contributed by atoms with E-state index in [-0.39, 0.29) is 31.9 Å². The van der Waals surface area contributed by atoms with Crippen molar-refractivity contribution in [3.63, 3.8) is 0 Å². The lowest BCUT2D eigenvalue weighted by molar-refractivity contribution is -0.122. The van der Waals surface area contributed by atoms with Crippen LogP contribution in [-0.4, -0.2) is 38.4 Å². The number of urea groups is 1. The number of benzene rings is 3. The molecule has 3 aromatic carbocycles. The number of carbonyl (C=O) groups excluding carboxylic acids is 2. The van der Waals surface area contributed by atoms with E-state index in [0.29, 0.717) is 34.5 Å². The highest BCUT2D eigenvalue weighted by atomic mass is 35.5. The number of amides is 3. The van der Waals surface area contributed by atoms with Crippen LogP contribution < -0.4 is 29.7 Å². The minimum atomic E-state index is -0.963. The van der Waals surface area contributed by atoms with Crippen LogP contribution in [0.2, 0.25) is 5.02 Å². The third kappa shape index (κ3) is 3.36. The van der Waals surface area contributed by atoms with Gasteiger partial charge in [0.2, 0.25) is 12.7 Å². The normalized spacial score (nSPS) is 18.9. The van der Waals surface area contributed by atoms with Gasteiger partial charge in [0.1, 0.15) is 17.8 Å². The van der Waals surface area contributed by atoms with Crippen LogP contribution in [0.1, 0.15) is 16.7 Å². The van der Waals surface area contributed by atoms with Crippen molar-refractivity contribution in [1.29, 1.82) is 0 Å². The van der Waals surface area contributed by atoms with Gasteiger partial charge in [0.15, 0.2) is 11.5 Å². The molecule has 2 N–H and O–H groups in total. The molecule has 0 aromatic heterocycles. The summed E-state index contributed by atoms with van der Waals surface area (Å²) in [6.45, 7) is 2.79. The molecule has 0 saturated carbocycles. The maximum atomic E-state index is 13.9. The number of rotatable bonds is 4. The van der Waals surface area contributed by atoms with Crippen LogP contribution in [0.5, 0.6) is 17.2 Å². The molecule has 1 unspecified atom stereocenters. The monoisotopic (exact) mass is 491 g/mol. The third-order valence-corrected chi connectivity index (χ3v) is 6.94. The Hall–Kier alpha value is -3.91. The van der Waals surface area contributed by atoms with Crippen LogP contribution in [0.25, 0.3) is 0 Å². The van der Waals surface area contributed by atoms with Crippen molar-refractivity contribution in [2.75, 3.05) is 36.7 Å². The van der Waals surface area contributed by atoms with E-state index in [0.717, 1.165) is 22.4 Å². The second kappa shape index (κ2) is 8.09. The predicted octanol–water partition coefficient (Wildman–Crippen LogP) is 4.22. The highest BCUT2D eigenvalue weighted by Gasteiger charge is 2.57. The van der Waals surface area contributed by atoms with E-state index in [1.54, 1.807) is 29.2 Å². The van der Waals surface area contributed by atoms with Gasteiger partial charge in [0.05, 0.1) is 0 Å². The Balaban J connectivity index is 1.22. The quantitative estimate of drug-likeness (QED) is 0.570. The number of halogens is 1. The maximum Gasteiger partial charge on any atom is 0.319 e. The van der Waals surface area contributed by atoms with Gasteiger partial charge in [-0.15, -0.1) is 0 Å². The van der Waals surface area contributed by atoms with Gasteiger partial charge < -0.3 is 29.7 Å². The van der Waals surface area contributed by atoms with Gasteiger partial charge in [-0.3, -0.25) is 4.79 Å². The minimum absolute atomic E-state index is 0.0907. The first kappa shape index (κ1) is 21.6. The highest BCUT2D eigenvalue weighted by molar-refractivity contribution is 6.30. The zero-order chi connectivity index (χ0) is 24.2. The molecular weight excluding hydrogens is 470 g/mol. The molecule has 9 heteroatoms. The lowest BCUT2D eigenvalue weighted by atomic mass is 9.77. The Kier molecular flexibility index (Phi) is 5.00. The van der Waals surface area contributed by atoms with Gasteiger partial charge in [0.25, 0.3) is 0 Å². The predicted molar refractivity (Wildman–Crippen MR) is 131 cm³/mol. The maximum absolute atomic E-state index is 13.9. The van der Waals surface area contributed by atoms with E-state index in [1.165, 1.54) is 0 Å². The van der Waals surface area contributed by atoms with E-state index in [9.17, 15) is 9.59 Å². The number of nitrogens with one attached hydrogen (secondary N) is 2. The fraction of sp³-hybridized carbons (Fsp3) is 0.231. The number of aryl methyl sites for hydroxylation is 1. The number of hydrogen-bond acceptors (Lipinski definition) is 5. The summed E-state index contributed by atoms with van der Waals surface area (Å²) in [7, 11) is 0. The fourth-order valence-corrected chi connectivity index (χ4v) is 5.23. The van der Waals surface area contributed by atoms with E-state index >= 15 is 0 Å². The molecule has 0 aliphatic carbocycles. The number of ether oxygens (including phenoxy) is 3.